The Balaban J connectivity index is 2.07. The maximum Gasteiger partial charge on any atom is 0.269 e. The van der Waals surface area contributed by atoms with Gasteiger partial charge in [-0.15, -0.1) is 0 Å². The number of hydrogen-bond donors (Lipinski definition) is 1. The summed E-state index contributed by atoms with van der Waals surface area (Å²) in [4.78, 5) is 14.3. The molecule has 0 bridgehead atoms. The first-order chi connectivity index (χ1) is 9.20. The van der Waals surface area contributed by atoms with Crippen LogP contribution in [-0.2, 0) is 6.54 Å². The molecule has 1 N–H and O–H groups in total. The van der Waals surface area contributed by atoms with Crippen LogP contribution < -0.4 is 5.32 Å². The minimum absolute atomic E-state index is 0.0651. The molecule has 7 heteroatoms. The molecule has 0 fully saturated rings. The van der Waals surface area contributed by atoms with Crippen LogP contribution in [0.25, 0.3) is 11.4 Å². The number of nitrogens with one attached hydrogen (secondary N) is 1. The molecule has 0 amide bonds. The fourth-order valence-corrected chi connectivity index (χ4v) is 1.64. The zero-order chi connectivity index (χ0) is 13.7. The van der Waals surface area contributed by atoms with E-state index in [1.54, 1.807) is 23.1 Å². The normalized spacial score (nSPS) is 10.6. The highest BCUT2D eigenvalue weighted by Crippen LogP contribution is 2.18. The molecule has 0 saturated carbocycles. The van der Waals surface area contributed by atoms with Crippen LogP contribution >= 0.6 is 0 Å². The van der Waals surface area contributed by atoms with Gasteiger partial charge < -0.3 is 5.32 Å². The first-order valence-electron chi connectivity index (χ1n) is 6.05. The third-order valence-corrected chi connectivity index (χ3v) is 2.64. The zero-order valence-corrected chi connectivity index (χ0v) is 10.6. The molecule has 0 aliphatic heterocycles. The Morgan fingerprint density at radius 3 is 2.74 bits per heavy atom. The predicted octanol–water partition coefficient (Wildman–Crippen LogP) is 1.46. The second-order valence-corrected chi connectivity index (χ2v) is 3.99. The monoisotopic (exact) mass is 261 g/mol. The summed E-state index contributed by atoms with van der Waals surface area (Å²) in [6.45, 7) is 4.54. The van der Waals surface area contributed by atoms with Crippen molar-refractivity contribution in [2.75, 3.05) is 13.1 Å². The number of nitro benzene ring substituents is 1. The molecule has 100 valence electrons. The quantitative estimate of drug-likeness (QED) is 0.483. The molecule has 19 heavy (non-hydrogen) atoms. The number of benzene rings is 1. The largest absolute Gasteiger partial charge is 0.315 e. The first-order valence-corrected chi connectivity index (χ1v) is 6.05. The highest BCUT2D eigenvalue weighted by atomic mass is 16.6. The van der Waals surface area contributed by atoms with E-state index in [9.17, 15) is 10.1 Å². The van der Waals surface area contributed by atoms with Crippen LogP contribution in [0.1, 0.15) is 6.92 Å². The van der Waals surface area contributed by atoms with Crippen molar-refractivity contribution in [3.05, 3.63) is 40.7 Å². The Kier molecular flexibility index (Phi) is 4.19. The van der Waals surface area contributed by atoms with Crippen LogP contribution in [0.5, 0.6) is 0 Å². The van der Waals surface area contributed by atoms with Gasteiger partial charge in [0.15, 0.2) is 5.82 Å². The highest BCUT2D eigenvalue weighted by Gasteiger charge is 2.08. The van der Waals surface area contributed by atoms with Crippen molar-refractivity contribution in [2.45, 2.75) is 13.5 Å². The Bertz CT molecular complexity index is 550. The van der Waals surface area contributed by atoms with Crippen LogP contribution in [0.4, 0.5) is 5.69 Å². The van der Waals surface area contributed by atoms with Gasteiger partial charge in [0.05, 0.1) is 11.5 Å². The molecule has 0 unspecified atom stereocenters. The SMILES string of the molecule is CCNCCn1cnc(-c2ccc([N+](=O)[O-])cc2)n1. The maximum absolute atomic E-state index is 10.6. The van der Waals surface area contributed by atoms with Crippen LogP contribution in [0, 0.1) is 10.1 Å². The van der Waals surface area contributed by atoms with Crippen molar-refractivity contribution in [3.63, 3.8) is 0 Å². The Hall–Kier alpha value is -2.28. The second kappa shape index (κ2) is 6.05. The molecule has 1 aromatic heterocycles. The van der Waals surface area contributed by atoms with Gasteiger partial charge in [0, 0.05) is 24.2 Å². The lowest BCUT2D eigenvalue weighted by atomic mass is 10.2. The number of non-ortho nitro benzene ring substituents is 1. The van der Waals surface area contributed by atoms with Gasteiger partial charge in [-0.2, -0.15) is 5.10 Å². The van der Waals surface area contributed by atoms with Crippen molar-refractivity contribution in [1.82, 2.24) is 20.1 Å². The Morgan fingerprint density at radius 2 is 2.11 bits per heavy atom. The molecule has 0 saturated heterocycles. The molecular weight excluding hydrogens is 246 g/mol. The lowest BCUT2D eigenvalue weighted by Gasteiger charge is -2.00. The van der Waals surface area contributed by atoms with Crippen LogP contribution in [0.2, 0.25) is 0 Å². The van der Waals surface area contributed by atoms with Crippen LogP contribution in [0.3, 0.4) is 0 Å². The molecule has 2 rings (SSSR count). The number of nitro groups is 1. The summed E-state index contributed by atoms with van der Waals surface area (Å²) in [6.07, 6.45) is 1.66. The minimum atomic E-state index is -0.424. The lowest BCUT2D eigenvalue weighted by molar-refractivity contribution is -0.384. The molecule has 0 aliphatic rings. The third-order valence-electron chi connectivity index (χ3n) is 2.64. The third kappa shape index (κ3) is 3.35. The van der Waals surface area contributed by atoms with Gasteiger partial charge in [-0.1, -0.05) is 6.92 Å². The van der Waals surface area contributed by atoms with Gasteiger partial charge in [-0.25, -0.2) is 4.98 Å². The smallest absolute Gasteiger partial charge is 0.269 e. The number of likely N-dealkylation sites (N-methyl/N-ethyl adjacent to an activating group) is 1. The Labute approximate surface area is 110 Å². The van der Waals surface area contributed by atoms with E-state index in [4.69, 9.17) is 0 Å². The number of hydrogen-bond acceptors (Lipinski definition) is 5. The summed E-state index contributed by atoms with van der Waals surface area (Å²) < 4.78 is 1.75. The lowest BCUT2D eigenvalue weighted by Crippen LogP contribution is -2.19. The van der Waals surface area contributed by atoms with E-state index in [1.165, 1.54) is 12.1 Å². The predicted molar refractivity (Wildman–Crippen MR) is 70.7 cm³/mol. The molecule has 7 nitrogen and oxygen atoms in total. The van der Waals surface area contributed by atoms with Crippen molar-refractivity contribution in [2.24, 2.45) is 0 Å². The average molecular weight is 261 g/mol. The molecule has 0 aliphatic carbocycles. The number of rotatable bonds is 6. The van der Waals surface area contributed by atoms with Gasteiger partial charge in [0.1, 0.15) is 6.33 Å². The number of aromatic nitrogens is 3. The van der Waals surface area contributed by atoms with E-state index in [-0.39, 0.29) is 5.69 Å². The van der Waals surface area contributed by atoms with Crippen LogP contribution in [-0.4, -0.2) is 32.8 Å². The molecular formula is C12H15N5O2. The van der Waals surface area contributed by atoms with Crippen LogP contribution in [0.15, 0.2) is 30.6 Å². The van der Waals surface area contributed by atoms with Gasteiger partial charge in [-0.3, -0.25) is 14.8 Å². The molecule has 0 atom stereocenters. The standard InChI is InChI=1S/C12H15N5O2/c1-2-13-7-8-16-9-14-12(15-16)10-3-5-11(6-4-10)17(18)19/h3-6,9,13H,2,7-8H2,1H3. The van der Waals surface area contributed by atoms with Gasteiger partial charge in [-0.05, 0) is 18.7 Å². The molecule has 2 aromatic rings. The van der Waals surface area contributed by atoms with Crippen molar-refractivity contribution >= 4 is 5.69 Å². The van der Waals surface area contributed by atoms with E-state index in [1.807, 2.05) is 6.92 Å². The molecule has 0 spiro atoms. The maximum atomic E-state index is 10.6. The van der Waals surface area contributed by atoms with Crippen molar-refractivity contribution in [1.29, 1.82) is 0 Å². The molecule has 0 radical (unpaired) electrons. The van der Waals surface area contributed by atoms with E-state index < -0.39 is 4.92 Å². The minimum Gasteiger partial charge on any atom is -0.315 e. The van der Waals surface area contributed by atoms with E-state index in [0.717, 1.165) is 25.2 Å². The summed E-state index contributed by atoms with van der Waals surface area (Å²) >= 11 is 0. The number of nitrogens with zero attached hydrogens (tertiary/aromatic N) is 4. The molecule has 1 aromatic carbocycles. The van der Waals surface area contributed by atoms with Crippen molar-refractivity contribution in [3.8, 4) is 11.4 Å². The fraction of sp³-hybridized carbons (Fsp3) is 0.333. The summed E-state index contributed by atoms with van der Waals surface area (Å²) in [7, 11) is 0. The fourth-order valence-electron chi connectivity index (χ4n) is 1.64. The summed E-state index contributed by atoms with van der Waals surface area (Å²) in [6, 6.07) is 6.22. The topological polar surface area (TPSA) is 85.9 Å². The second-order valence-electron chi connectivity index (χ2n) is 3.99. The van der Waals surface area contributed by atoms with E-state index in [0.29, 0.717) is 5.82 Å². The zero-order valence-electron chi connectivity index (χ0n) is 10.6. The molecule has 1 heterocycles. The van der Waals surface area contributed by atoms with Crippen molar-refractivity contribution < 1.29 is 4.92 Å². The Morgan fingerprint density at radius 1 is 1.37 bits per heavy atom. The van der Waals surface area contributed by atoms with E-state index in [2.05, 4.69) is 15.4 Å². The first kappa shape index (κ1) is 13.2. The summed E-state index contributed by atoms with van der Waals surface area (Å²) in [5.74, 6) is 0.575. The summed E-state index contributed by atoms with van der Waals surface area (Å²) in [5, 5.41) is 18.1. The average Bonchev–Trinajstić information content (AvgIpc) is 2.88. The van der Waals surface area contributed by atoms with E-state index >= 15 is 0 Å². The van der Waals surface area contributed by atoms with Gasteiger partial charge in [0.2, 0.25) is 0 Å². The highest BCUT2D eigenvalue weighted by molar-refractivity contribution is 5.56. The van der Waals surface area contributed by atoms with Gasteiger partial charge >= 0.3 is 0 Å². The summed E-state index contributed by atoms with van der Waals surface area (Å²) in [5.41, 5.74) is 0.836. The van der Waals surface area contributed by atoms with Gasteiger partial charge in [0.25, 0.3) is 5.69 Å².